The fourth-order valence-corrected chi connectivity index (χ4v) is 1.90. The highest BCUT2D eigenvalue weighted by molar-refractivity contribution is 5.80. The number of nitrogens with one attached hydrogen (secondary N) is 1. The summed E-state index contributed by atoms with van der Waals surface area (Å²) in [5.74, 6) is 0.213. The quantitative estimate of drug-likeness (QED) is 0.197. The highest BCUT2D eigenvalue weighted by Crippen LogP contribution is 2.16. The number of nitrogens with two attached hydrogens (primary N) is 1. The van der Waals surface area contributed by atoms with Crippen molar-refractivity contribution in [3.05, 3.63) is 35.9 Å². The summed E-state index contributed by atoms with van der Waals surface area (Å²) in [4.78, 5) is 2.08. The Morgan fingerprint density at radius 2 is 2.05 bits per heavy atom. The van der Waals surface area contributed by atoms with E-state index in [1.807, 2.05) is 44.4 Å². The Hall–Kier alpha value is -1.63. The molecule has 0 saturated carbocycles. The molecule has 4 N–H and O–H groups in total. The zero-order valence-electron chi connectivity index (χ0n) is 12.8. The fraction of sp³-hybridized carbons (Fsp3) is 0.533. The zero-order valence-corrected chi connectivity index (χ0v) is 12.8. The summed E-state index contributed by atoms with van der Waals surface area (Å²) in [6, 6.07) is 9.98. The molecule has 0 aliphatic rings. The van der Waals surface area contributed by atoms with Crippen molar-refractivity contribution >= 4 is 5.84 Å². The van der Waals surface area contributed by atoms with Crippen molar-refractivity contribution in [2.45, 2.75) is 12.5 Å². The first-order valence-electron chi connectivity index (χ1n) is 7.10. The van der Waals surface area contributed by atoms with Crippen molar-refractivity contribution in [2.75, 3.05) is 40.4 Å². The maximum atomic E-state index is 8.73. The lowest BCUT2D eigenvalue weighted by molar-refractivity contribution is 0.117. The van der Waals surface area contributed by atoms with Gasteiger partial charge in [-0.2, -0.15) is 0 Å². The van der Waals surface area contributed by atoms with Gasteiger partial charge in [-0.25, -0.2) is 0 Å². The second-order valence-electron chi connectivity index (χ2n) is 5.13. The molecule has 1 rings (SSSR count). The first kappa shape index (κ1) is 17.4. The van der Waals surface area contributed by atoms with Gasteiger partial charge in [0.2, 0.25) is 0 Å². The van der Waals surface area contributed by atoms with Crippen molar-refractivity contribution in [1.29, 1.82) is 0 Å². The summed E-state index contributed by atoms with van der Waals surface area (Å²) in [6.45, 7) is 2.97. The van der Waals surface area contributed by atoms with Gasteiger partial charge in [-0.3, -0.25) is 0 Å². The highest BCUT2D eigenvalue weighted by Gasteiger charge is 2.12. The van der Waals surface area contributed by atoms with E-state index in [4.69, 9.17) is 15.7 Å². The van der Waals surface area contributed by atoms with E-state index in [1.165, 1.54) is 0 Å². The van der Waals surface area contributed by atoms with Crippen molar-refractivity contribution in [3.63, 3.8) is 0 Å². The summed E-state index contributed by atoms with van der Waals surface area (Å²) >= 11 is 0. The molecule has 21 heavy (non-hydrogen) atoms. The van der Waals surface area contributed by atoms with Gasteiger partial charge in [0.1, 0.15) is 5.84 Å². The van der Waals surface area contributed by atoms with Crippen LogP contribution in [0.3, 0.4) is 0 Å². The molecule has 1 aromatic carbocycles. The van der Waals surface area contributed by atoms with E-state index >= 15 is 0 Å². The number of hydrogen-bond donors (Lipinski definition) is 3. The van der Waals surface area contributed by atoms with Crippen LogP contribution in [0.4, 0.5) is 0 Å². The normalized spacial score (nSPS) is 13.6. The monoisotopic (exact) mass is 294 g/mol. The Balaban J connectivity index is 2.40. The molecule has 1 aromatic rings. The molecule has 0 heterocycles. The van der Waals surface area contributed by atoms with E-state index in [1.54, 1.807) is 0 Å². The summed E-state index contributed by atoms with van der Waals surface area (Å²) in [5, 5.41) is 15.2. The van der Waals surface area contributed by atoms with E-state index in [0.29, 0.717) is 26.2 Å². The van der Waals surface area contributed by atoms with Crippen LogP contribution >= 0.6 is 0 Å². The summed E-state index contributed by atoms with van der Waals surface area (Å²) in [5.41, 5.74) is 6.73. The number of nitrogens with zero attached hydrogens (tertiary/aromatic N) is 2. The minimum atomic E-state index is 0.0135. The maximum Gasteiger partial charge on any atom is 0.141 e. The fourth-order valence-electron chi connectivity index (χ4n) is 1.90. The largest absolute Gasteiger partial charge is 0.409 e. The van der Waals surface area contributed by atoms with Gasteiger partial charge in [-0.1, -0.05) is 35.5 Å². The van der Waals surface area contributed by atoms with Crippen LogP contribution in [0, 0.1) is 0 Å². The molecule has 1 unspecified atom stereocenters. The lowest BCUT2D eigenvalue weighted by Gasteiger charge is -2.19. The summed E-state index contributed by atoms with van der Waals surface area (Å²) in [6.07, 6.45) is 0.457. The zero-order chi connectivity index (χ0) is 15.5. The van der Waals surface area contributed by atoms with Gasteiger partial charge in [0.05, 0.1) is 13.2 Å². The molecule has 0 bridgehead atoms. The average molecular weight is 294 g/mol. The second-order valence-corrected chi connectivity index (χ2v) is 5.13. The van der Waals surface area contributed by atoms with Gasteiger partial charge in [0.15, 0.2) is 0 Å². The lowest BCUT2D eigenvalue weighted by Crippen LogP contribution is -2.30. The molecule has 0 fully saturated rings. The van der Waals surface area contributed by atoms with Crippen molar-refractivity contribution in [3.8, 4) is 0 Å². The smallest absolute Gasteiger partial charge is 0.141 e. The molecule has 0 radical (unpaired) electrons. The SMILES string of the molecule is CN(C)CCOCCNC(C/C(N)=N/O)c1ccccc1. The second kappa shape index (κ2) is 10.1. The van der Waals surface area contributed by atoms with Crippen LogP contribution in [0.1, 0.15) is 18.0 Å². The van der Waals surface area contributed by atoms with Gasteiger partial charge in [0.25, 0.3) is 0 Å². The third-order valence-corrected chi connectivity index (χ3v) is 3.06. The number of hydrogen-bond acceptors (Lipinski definition) is 5. The highest BCUT2D eigenvalue weighted by atomic mass is 16.5. The third-order valence-electron chi connectivity index (χ3n) is 3.06. The molecule has 0 saturated heterocycles. The minimum absolute atomic E-state index is 0.0135. The topological polar surface area (TPSA) is 83.1 Å². The first-order valence-corrected chi connectivity index (χ1v) is 7.10. The molecule has 0 spiro atoms. The van der Waals surface area contributed by atoms with Crippen LogP contribution in [-0.2, 0) is 4.74 Å². The van der Waals surface area contributed by atoms with E-state index in [9.17, 15) is 0 Å². The third kappa shape index (κ3) is 7.65. The summed E-state index contributed by atoms with van der Waals surface area (Å²) < 4.78 is 5.55. The Kier molecular flexibility index (Phi) is 8.42. The molecular weight excluding hydrogens is 268 g/mol. The molecule has 1 atom stereocenters. The van der Waals surface area contributed by atoms with E-state index in [0.717, 1.165) is 12.1 Å². The van der Waals surface area contributed by atoms with Crippen LogP contribution < -0.4 is 11.1 Å². The maximum absolute atomic E-state index is 8.73. The number of amidine groups is 1. The standard InChI is InChI=1S/C15H26N4O2/c1-19(2)9-11-21-10-8-17-14(12-15(16)18-20)13-6-4-3-5-7-13/h3-7,14,17,20H,8-12H2,1-2H3,(H2,16,18). The van der Waals surface area contributed by atoms with Crippen molar-refractivity contribution in [1.82, 2.24) is 10.2 Å². The van der Waals surface area contributed by atoms with E-state index < -0.39 is 0 Å². The van der Waals surface area contributed by atoms with Crippen LogP contribution in [0.15, 0.2) is 35.5 Å². The van der Waals surface area contributed by atoms with E-state index in [-0.39, 0.29) is 11.9 Å². The number of likely N-dealkylation sites (N-methyl/N-ethyl adjacent to an activating group) is 1. The Labute approximate surface area is 126 Å². The number of rotatable bonds is 10. The molecule has 6 nitrogen and oxygen atoms in total. The van der Waals surface area contributed by atoms with Crippen LogP contribution in [0.5, 0.6) is 0 Å². The molecule has 0 amide bonds. The number of oxime groups is 1. The van der Waals surface area contributed by atoms with Crippen molar-refractivity contribution in [2.24, 2.45) is 10.9 Å². The van der Waals surface area contributed by atoms with Gasteiger partial charge < -0.3 is 25.9 Å². The summed E-state index contributed by atoms with van der Waals surface area (Å²) in [7, 11) is 4.04. The first-order chi connectivity index (χ1) is 10.1. The van der Waals surface area contributed by atoms with Crippen LogP contribution in [-0.4, -0.2) is 56.3 Å². The number of ether oxygens (including phenoxy) is 1. The number of benzene rings is 1. The average Bonchev–Trinajstić information content (AvgIpc) is 2.49. The lowest BCUT2D eigenvalue weighted by atomic mass is 10.0. The Bertz CT molecular complexity index is 409. The molecule has 0 aromatic heterocycles. The molecule has 6 heteroatoms. The molecule has 0 aliphatic carbocycles. The Morgan fingerprint density at radius 1 is 1.33 bits per heavy atom. The van der Waals surface area contributed by atoms with Crippen molar-refractivity contribution < 1.29 is 9.94 Å². The van der Waals surface area contributed by atoms with Gasteiger partial charge in [-0.05, 0) is 19.7 Å². The van der Waals surface area contributed by atoms with Crippen LogP contribution in [0.2, 0.25) is 0 Å². The Morgan fingerprint density at radius 3 is 2.67 bits per heavy atom. The van der Waals surface area contributed by atoms with Gasteiger partial charge >= 0.3 is 0 Å². The predicted octanol–water partition coefficient (Wildman–Crippen LogP) is 1.03. The molecule has 0 aliphatic heterocycles. The van der Waals surface area contributed by atoms with Crippen LogP contribution in [0.25, 0.3) is 0 Å². The minimum Gasteiger partial charge on any atom is -0.409 e. The predicted molar refractivity (Wildman–Crippen MR) is 84.6 cm³/mol. The van der Waals surface area contributed by atoms with E-state index in [2.05, 4.69) is 15.4 Å². The molecule has 118 valence electrons. The molecular formula is C15H26N4O2. The van der Waals surface area contributed by atoms with Gasteiger partial charge in [-0.15, -0.1) is 0 Å². The van der Waals surface area contributed by atoms with Gasteiger partial charge in [0, 0.05) is 25.6 Å².